The van der Waals surface area contributed by atoms with Crippen molar-refractivity contribution >= 4 is 35.5 Å². The molecule has 9 nitrogen and oxygen atoms in total. The maximum absolute atomic E-state index is 14.5. The highest BCUT2D eigenvalue weighted by Crippen LogP contribution is 2.45. The first-order valence-electron chi connectivity index (χ1n) is 21.4. The summed E-state index contributed by atoms with van der Waals surface area (Å²) in [7, 11) is 3.22. The Morgan fingerprint density at radius 3 is 1.84 bits per heavy atom. The molecule has 3 amide bonds. The third-order valence-corrected chi connectivity index (χ3v) is 12.7. The van der Waals surface area contributed by atoms with Crippen molar-refractivity contribution in [1.29, 1.82) is 0 Å². The number of ether oxygens (including phenoxy) is 2. The van der Waals surface area contributed by atoms with Gasteiger partial charge in [-0.1, -0.05) is 173 Å². The lowest BCUT2D eigenvalue weighted by Crippen LogP contribution is -2.58. The van der Waals surface area contributed by atoms with Crippen LogP contribution < -0.4 is 5.32 Å². The van der Waals surface area contributed by atoms with E-state index in [9.17, 15) is 19.2 Å². The average Bonchev–Trinajstić information content (AvgIpc) is 3.59. The zero-order chi connectivity index (χ0) is 44.7. The number of benzene rings is 5. The Hall–Kier alpha value is -5.93. The minimum absolute atomic E-state index is 0.102. The lowest BCUT2D eigenvalue weighted by atomic mass is 9.79. The number of hydrogen-bond donors (Lipinski definition) is 1. The summed E-state index contributed by atoms with van der Waals surface area (Å²) >= 11 is 6.89. The number of nitrogens with zero attached hydrogens (tertiary/aromatic N) is 2. The first kappa shape index (κ1) is 45.6. The van der Waals surface area contributed by atoms with Gasteiger partial charge >= 0.3 is 12.1 Å². The van der Waals surface area contributed by atoms with Gasteiger partial charge in [0.1, 0.15) is 18.7 Å². The first-order valence-corrected chi connectivity index (χ1v) is 21.8. The largest absolute Gasteiger partial charge is 0.449 e. The summed E-state index contributed by atoms with van der Waals surface area (Å²) in [6.07, 6.45) is -0.257. The zero-order valence-corrected chi connectivity index (χ0v) is 37.7. The van der Waals surface area contributed by atoms with Crippen LogP contribution in [0.1, 0.15) is 86.8 Å². The monoisotopic (exact) mass is 855 g/mol. The SMILES string of the molecule is CC[C@H](C)[C@H](NC(=O)OCC1c2ccccc2-c2ccccc21)C(=O)N(C)[C@H](C(=O)N(C)[C@H](C)CC(=O)OC(c1ccccc1)(c1ccc(C)cc1)c1ccccc1Cl)C(C)C. The number of amides is 3. The second kappa shape index (κ2) is 19.8. The second-order valence-electron chi connectivity index (χ2n) is 16.8. The molecule has 1 aliphatic carbocycles. The predicted molar refractivity (Wildman–Crippen MR) is 245 cm³/mol. The molecule has 0 bridgehead atoms. The Labute approximate surface area is 371 Å². The van der Waals surface area contributed by atoms with E-state index < -0.39 is 41.7 Å². The number of carbonyl (C=O) groups is 4. The predicted octanol–water partition coefficient (Wildman–Crippen LogP) is 10.2. The Bertz CT molecular complexity index is 2320. The number of fused-ring (bicyclic) bond motifs is 3. The van der Waals surface area contributed by atoms with Crippen LogP contribution in [0.5, 0.6) is 0 Å². The van der Waals surface area contributed by atoms with Crippen LogP contribution in [-0.2, 0) is 29.5 Å². The first-order chi connectivity index (χ1) is 29.7. The summed E-state index contributed by atoms with van der Waals surface area (Å²) in [5.74, 6) is -2.02. The van der Waals surface area contributed by atoms with Crippen molar-refractivity contribution in [1.82, 2.24) is 15.1 Å². The molecule has 0 heterocycles. The van der Waals surface area contributed by atoms with Gasteiger partial charge in [0.25, 0.3) is 0 Å². The van der Waals surface area contributed by atoms with E-state index >= 15 is 0 Å². The van der Waals surface area contributed by atoms with Gasteiger partial charge in [0.2, 0.25) is 11.8 Å². The van der Waals surface area contributed by atoms with E-state index in [1.807, 2.05) is 132 Å². The smallest absolute Gasteiger partial charge is 0.407 e. The van der Waals surface area contributed by atoms with Gasteiger partial charge in [0.15, 0.2) is 5.60 Å². The second-order valence-corrected chi connectivity index (χ2v) is 17.2. The number of alkyl carbamates (subject to hydrolysis) is 1. The summed E-state index contributed by atoms with van der Waals surface area (Å²) in [6, 6.07) is 38.3. The van der Waals surface area contributed by atoms with Gasteiger partial charge < -0.3 is 24.6 Å². The van der Waals surface area contributed by atoms with Crippen molar-refractivity contribution in [2.75, 3.05) is 20.7 Å². The summed E-state index contributed by atoms with van der Waals surface area (Å²) in [6.45, 7) is 11.5. The molecule has 324 valence electrons. The number of likely N-dealkylation sites (N-methyl/N-ethyl adjacent to an activating group) is 2. The molecule has 0 aliphatic heterocycles. The highest BCUT2D eigenvalue weighted by atomic mass is 35.5. The average molecular weight is 857 g/mol. The fourth-order valence-electron chi connectivity index (χ4n) is 8.58. The molecule has 0 spiro atoms. The van der Waals surface area contributed by atoms with Gasteiger partial charge in [-0.25, -0.2) is 4.79 Å². The van der Waals surface area contributed by atoms with Crippen molar-refractivity contribution in [3.63, 3.8) is 0 Å². The van der Waals surface area contributed by atoms with Crippen LogP contribution in [0.2, 0.25) is 5.02 Å². The molecule has 1 aliphatic rings. The van der Waals surface area contributed by atoms with Crippen LogP contribution in [0.15, 0.2) is 127 Å². The van der Waals surface area contributed by atoms with Crippen molar-refractivity contribution < 1.29 is 28.7 Å². The van der Waals surface area contributed by atoms with Crippen LogP contribution in [0.25, 0.3) is 11.1 Å². The molecule has 0 aromatic heterocycles. The molecule has 10 heteroatoms. The number of hydrogen-bond acceptors (Lipinski definition) is 6. The molecule has 0 radical (unpaired) electrons. The van der Waals surface area contributed by atoms with Crippen LogP contribution in [0.4, 0.5) is 4.79 Å². The summed E-state index contributed by atoms with van der Waals surface area (Å²) in [5.41, 5.74) is 6.08. The van der Waals surface area contributed by atoms with Crippen LogP contribution >= 0.6 is 11.6 Å². The Morgan fingerprint density at radius 1 is 0.710 bits per heavy atom. The number of halogens is 1. The van der Waals surface area contributed by atoms with Crippen molar-refractivity contribution in [2.24, 2.45) is 11.8 Å². The molecule has 1 unspecified atom stereocenters. The zero-order valence-electron chi connectivity index (χ0n) is 36.9. The normalized spacial score (nSPS) is 14.9. The lowest BCUT2D eigenvalue weighted by molar-refractivity contribution is -0.156. The van der Waals surface area contributed by atoms with Crippen LogP contribution in [0.3, 0.4) is 0 Å². The molecule has 5 atom stereocenters. The maximum Gasteiger partial charge on any atom is 0.407 e. The molecule has 0 saturated heterocycles. The molecule has 5 aromatic carbocycles. The van der Waals surface area contributed by atoms with E-state index in [1.165, 1.54) is 9.80 Å². The van der Waals surface area contributed by atoms with Gasteiger partial charge in [-0.2, -0.15) is 0 Å². The maximum atomic E-state index is 14.5. The topological polar surface area (TPSA) is 105 Å². The Morgan fingerprint density at radius 2 is 1.26 bits per heavy atom. The molecule has 0 saturated carbocycles. The number of carbonyl (C=O) groups excluding carboxylic acids is 4. The molecular weight excluding hydrogens is 798 g/mol. The van der Waals surface area contributed by atoms with Crippen LogP contribution in [0, 0.1) is 18.8 Å². The van der Waals surface area contributed by atoms with E-state index in [2.05, 4.69) is 29.6 Å². The Kier molecular flexibility index (Phi) is 14.6. The molecule has 5 aromatic rings. The standard InChI is InChI=1S/C52H58ClN3O6/c1-9-35(5)47(54-51(60)61-32-43-41-23-15-13-21-39(41)40-22-14-16-24-42(40)43)49(58)56(8)48(33(2)3)50(59)55(7)36(6)31-46(57)62-52(37-19-11-10-12-20-37,38-29-27-34(4)28-30-38)44-25-17-18-26-45(44)53/h10-30,33,35-36,43,47-48H,9,31-32H2,1-8H3,(H,54,60)/t35-,36+,47-,48-,52?/m0/s1. The van der Waals surface area contributed by atoms with E-state index in [-0.39, 0.29) is 36.7 Å². The van der Waals surface area contributed by atoms with E-state index in [4.69, 9.17) is 21.1 Å². The summed E-state index contributed by atoms with van der Waals surface area (Å²) in [5, 5.41) is 3.28. The molecule has 0 fully saturated rings. The van der Waals surface area contributed by atoms with Gasteiger partial charge in [-0.3, -0.25) is 14.4 Å². The molecular formula is C52H58ClN3O6. The van der Waals surface area contributed by atoms with E-state index in [0.717, 1.165) is 33.4 Å². The van der Waals surface area contributed by atoms with Crippen molar-refractivity contribution in [3.05, 3.63) is 166 Å². The third-order valence-electron chi connectivity index (χ3n) is 12.4. The fraction of sp³-hybridized carbons (Fsp3) is 0.346. The third kappa shape index (κ3) is 9.43. The van der Waals surface area contributed by atoms with Gasteiger partial charge in [-0.15, -0.1) is 0 Å². The van der Waals surface area contributed by atoms with Gasteiger partial charge in [0.05, 0.1) is 6.42 Å². The lowest BCUT2D eigenvalue weighted by Gasteiger charge is -2.38. The van der Waals surface area contributed by atoms with Gasteiger partial charge in [-0.05, 0) is 54.0 Å². The molecule has 62 heavy (non-hydrogen) atoms. The minimum atomic E-state index is -1.40. The fourth-order valence-corrected chi connectivity index (χ4v) is 8.85. The Balaban J connectivity index is 1.17. The van der Waals surface area contributed by atoms with Crippen molar-refractivity contribution in [3.8, 4) is 11.1 Å². The highest BCUT2D eigenvalue weighted by Gasteiger charge is 2.43. The van der Waals surface area contributed by atoms with Gasteiger partial charge in [0, 0.05) is 47.8 Å². The van der Waals surface area contributed by atoms with Crippen LogP contribution in [-0.4, -0.2) is 72.5 Å². The quantitative estimate of drug-likeness (QED) is 0.0783. The number of aryl methyl sites for hydroxylation is 1. The summed E-state index contributed by atoms with van der Waals surface area (Å²) < 4.78 is 12.5. The number of nitrogens with one attached hydrogen (secondary N) is 1. The number of esters is 1. The highest BCUT2D eigenvalue weighted by molar-refractivity contribution is 6.31. The number of rotatable bonds is 16. The van der Waals surface area contributed by atoms with E-state index in [1.54, 1.807) is 27.1 Å². The minimum Gasteiger partial charge on any atom is -0.449 e. The van der Waals surface area contributed by atoms with Crippen molar-refractivity contribution in [2.45, 2.75) is 84.0 Å². The summed E-state index contributed by atoms with van der Waals surface area (Å²) in [4.78, 5) is 59.6. The van der Waals surface area contributed by atoms with E-state index in [0.29, 0.717) is 22.6 Å². The molecule has 1 N–H and O–H groups in total. The molecule has 6 rings (SSSR count).